The van der Waals surface area contributed by atoms with Crippen LogP contribution in [0.2, 0.25) is 0 Å². The summed E-state index contributed by atoms with van der Waals surface area (Å²) in [5, 5.41) is 1.19. The highest BCUT2D eigenvalue weighted by Crippen LogP contribution is 2.24. The third-order valence-electron chi connectivity index (χ3n) is 4.34. The molecule has 1 amide bonds. The van der Waals surface area contributed by atoms with Crippen molar-refractivity contribution in [2.45, 2.75) is 39.2 Å². The second kappa shape index (κ2) is 5.98. The molecule has 124 valence electrons. The van der Waals surface area contributed by atoms with Gasteiger partial charge < -0.3 is 18.9 Å². The molecule has 2 heterocycles. The van der Waals surface area contributed by atoms with Crippen molar-refractivity contribution in [2.75, 3.05) is 13.2 Å². The fourth-order valence-corrected chi connectivity index (χ4v) is 3.10. The molecule has 1 aliphatic rings. The molecule has 1 saturated heterocycles. The summed E-state index contributed by atoms with van der Waals surface area (Å²) < 4.78 is 13.6. The molecule has 0 aliphatic carbocycles. The zero-order valence-corrected chi connectivity index (χ0v) is 14.2. The van der Waals surface area contributed by atoms with E-state index in [1.807, 2.05) is 37.9 Å². The fourth-order valence-electron chi connectivity index (χ4n) is 3.10. The highest BCUT2D eigenvalue weighted by atomic mass is 16.7. The number of ether oxygens (including phenoxy) is 2. The van der Waals surface area contributed by atoms with Crippen molar-refractivity contribution in [3.8, 4) is 0 Å². The van der Waals surface area contributed by atoms with Crippen LogP contribution in [0.1, 0.15) is 26.5 Å². The SMILES string of the molecule is CC(=O)N(Cc1cc2ccccc2n1C)CC1COC(C)(C)O1. The minimum absolute atomic E-state index is 0.0450. The largest absolute Gasteiger partial charge is 0.348 e. The predicted octanol–water partition coefficient (Wildman–Crippen LogP) is 2.68. The topological polar surface area (TPSA) is 43.7 Å². The molecule has 0 N–H and O–H groups in total. The summed E-state index contributed by atoms with van der Waals surface area (Å²) in [4.78, 5) is 13.9. The van der Waals surface area contributed by atoms with Gasteiger partial charge in [0.15, 0.2) is 5.79 Å². The van der Waals surface area contributed by atoms with Crippen LogP contribution in [0.25, 0.3) is 10.9 Å². The van der Waals surface area contributed by atoms with Crippen LogP contribution < -0.4 is 0 Å². The van der Waals surface area contributed by atoms with Gasteiger partial charge in [-0.2, -0.15) is 0 Å². The first-order chi connectivity index (χ1) is 10.9. The molecule has 1 aromatic carbocycles. The first kappa shape index (κ1) is 16.0. The van der Waals surface area contributed by atoms with Crippen LogP contribution >= 0.6 is 0 Å². The van der Waals surface area contributed by atoms with Crippen molar-refractivity contribution in [2.24, 2.45) is 7.05 Å². The number of hydrogen-bond donors (Lipinski definition) is 0. The molecule has 2 aromatic rings. The standard InChI is InChI=1S/C18H24N2O3/c1-13(21)20(11-16-12-22-18(2,3)23-16)10-15-9-14-7-5-6-8-17(14)19(15)4/h5-9,16H,10-12H2,1-4H3. The summed E-state index contributed by atoms with van der Waals surface area (Å²) in [6.45, 7) is 7.03. The normalized spacial score (nSPS) is 20.1. The van der Waals surface area contributed by atoms with Gasteiger partial charge in [0.05, 0.1) is 13.2 Å². The Morgan fingerprint density at radius 1 is 1.39 bits per heavy atom. The van der Waals surface area contributed by atoms with E-state index in [0.717, 1.165) is 5.69 Å². The monoisotopic (exact) mass is 316 g/mol. The summed E-state index contributed by atoms with van der Waals surface area (Å²) in [6.07, 6.45) is -0.0800. The van der Waals surface area contributed by atoms with E-state index in [4.69, 9.17) is 9.47 Å². The lowest BCUT2D eigenvalue weighted by Gasteiger charge is -2.25. The molecule has 1 unspecified atom stereocenters. The number of amides is 1. The average Bonchev–Trinajstić information content (AvgIpc) is 2.99. The fraction of sp³-hybridized carbons (Fsp3) is 0.500. The lowest BCUT2D eigenvalue weighted by molar-refractivity contribution is -0.146. The van der Waals surface area contributed by atoms with E-state index >= 15 is 0 Å². The van der Waals surface area contributed by atoms with Gasteiger partial charge in [-0.1, -0.05) is 18.2 Å². The zero-order valence-electron chi connectivity index (χ0n) is 14.2. The Bertz CT molecular complexity index is 720. The Morgan fingerprint density at radius 3 is 2.74 bits per heavy atom. The molecule has 5 nitrogen and oxygen atoms in total. The van der Waals surface area contributed by atoms with Gasteiger partial charge in [-0.25, -0.2) is 0 Å². The van der Waals surface area contributed by atoms with Crippen LogP contribution in [0.4, 0.5) is 0 Å². The highest BCUT2D eigenvalue weighted by molar-refractivity contribution is 5.81. The summed E-state index contributed by atoms with van der Waals surface area (Å²) in [6, 6.07) is 10.4. The van der Waals surface area contributed by atoms with Crippen molar-refractivity contribution in [3.63, 3.8) is 0 Å². The lowest BCUT2D eigenvalue weighted by Crippen LogP contribution is -2.37. The number of aryl methyl sites for hydroxylation is 1. The van der Waals surface area contributed by atoms with Crippen LogP contribution in [0, 0.1) is 0 Å². The van der Waals surface area contributed by atoms with Gasteiger partial charge in [0, 0.05) is 31.7 Å². The first-order valence-corrected chi connectivity index (χ1v) is 7.96. The quantitative estimate of drug-likeness (QED) is 0.871. The van der Waals surface area contributed by atoms with E-state index in [2.05, 4.69) is 22.8 Å². The minimum Gasteiger partial charge on any atom is -0.348 e. The number of carbonyl (C=O) groups excluding carboxylic acids is 1. The molecule has 1 aromatic heterocycles. The molecule has 0 saturated carbocycles. The van der Waals surface area contributed by atoms with Crippen molar-refractivity contribution in [3.05, 3.63) is 36.0 Å². The van der Waals surface area contributed by atoms with Crippen LogP contribution in [0.15, 0.2) is 30.3 Å². The molecule has 1 atom stereocenters. The summed E-state index contributed by atoms with van der Waals surface area (Å²) >= 11 is 0. The summed E-state index contributed by atoms with van der Waals surface area (Å²) in [5.41, 5.74) is 2.28. The summed E-state index contributed by atoms with van der Waals surface area (Å²) in [7, 11) is 2.04. The minimum atomic E-state index is -0.563. The van der Waals surface area contributed by atoms with Crippen molar-refractivity contribution in [1.82, 2.24) is 9.47 Å². The molecule has 3 rings (SSSR count). The van der Waals surface area contributed by atoms with E-state index in [-0.39, 0.29) is 12.0 Å². The molecule has 1 aliphatic heterocycles. The maximum absolute atomic E-state index is 12.0. The van der Waals surface area contributed by atoms with Gasteiger partial charge >= 0.3 is 0 Å². The Hall–Kier alpha value is -1.85. The van der Waals surface area contributed by atoms with Crippen molar-refractivity contribution < 1.29 is 14.3 Å². The van der Waals surface area contributed by atoms with Crippen LogP contribution in [0.3, 0.4) is 0 Å². The van der Waals surface area contributed by atoms with Crippen LogP contribution in [-0.2, 0) is 27.9 Å². The van der Waals surface area contributed by atoms with Gasteiger partial charge in [-0.3, -0.25) is 4.79 Å². The number of fused-ring (bicyclic) bond motifs is 1. The molecular weight excluding hydrogens is 292 g/mol. The number of hydrogen-bond acceptors (Lipinski definition) is 3. The molecule has 0 radical (unpaired) electrons. The maximum atomic E-state index is 12.0. The predicted molar refractivity (Wildman–Crippen MR) is 88.9 cm³/mol. The molecule has 5 heteroatoms. The number of para-hydroxylation sites is 1. The molecule has 0 spiro atoms. The van der Waals surface area contributed by atoms with Crippen LogP contribution in [0.5, 0.6) is 0 Å². The van der Waals surface area contributed by atoms with Gasteiger partial charge in [0.25, 0.3) is 0 Å². The van der Waals surface area contributed by atoms with E-state index in [9.17, 15) is 4.79 Å². The highest BCUT2D eigenvalue weighted by Gasteiger charge is 2.34. The zero-order chi connectivity index (χ0) is 16.6. The van der Waals surface area contributed by atoms with E-state index < -0.39 is 5.79 Å². The second-order valence-electron chi connectivity index (χ2n) is 6.60. The Morgan fingerprint density at radius 2 is 2.13 bits per heavy atom. The third-order valence-corrected chi connectivity index (χ3v) is 4.34. The van der Waals surface area contributed by atoms with E-state index in [1.165, 1.54) is 10.9 Å². The number of carbonyl (C=O) groups is 1. The van der Waals surface area contributed by atoms with E-state index in [1.54, 1.807) is 6.92 Å². The molecule has 0 bridgehead atoms. The lowest BCUT2D eigenvalue weighted by atomic mass is 10.2. The number of rotatable bonds is 4. The third kappa shape index (κ3) is 3.41. The van der Waals surface area contributed by atoms with Crippen molar-refractivity contribution in [1.29, 1.82) is 0 Å². The maximum Gasteiger partial charge on any atom is 0.219 e. The smallest absolute Gasteiger partial charge is 0.219 e. The summed E-state index contributed by atoms with van der Waals surface area (Å²) in [5.74, 6) is -0.518. The van der Waals surface area contributed by atoms with Gasteiger partial charge in [-0.05, 0) is 31.4 Å². The second-order valence-corrected chi connectivity index (χ2v) is 6.60. The van der Waals surface area contributed by atoms with Crippen LogP contribution in [-0.4, -0.2) is 40.4 Å². The Balaban J connectivity index is 1.76. The average molecular weight is 316 g/mol. The van der Waals surface area contributed by atoms with Crippen molar-refractivity contribution >= 4 is 16.8 Å². The number of aromatic nitrogens is 1. The molecule has 23 heavy (non-hydrogen) atoms. The molecular formula is C18H24N2O3. The Kier molecular flexibility index (Phi) is 4.17. The van der Waals surface area contributed by atoms with Gasteiger partial charge in [0.1, 0.15) is 6.10 Å². The number of benzene rings is 1. The van der Waals surface area contributed by atoms with Gasteiger partial charge in [-0.15, -0.1) is 0 Å². The van der Waals surface area contributed by atoms with E-state index in [0.29, 0.717) is 19.7 Å². The Labute approximate surface area is 136 Å². The van der Waals surface area contributed by atoms with Gasteiger partial charge in [0.2, 0.25) is 5.91 Å². The first-order valence-electron chi connectivity index (χ1n) is 7.96. The number of nitrogens with zero attached hydrogens (tertiary/aromatic N) is 2. The molecule has 1 fully saturated rings.